The van der Waals surface area contributed by atoms with Crippen molar-refractivity contribution in [3.63, 3.8) is 0 Å². The molecule has 7 nitrogen and oxygen atoms in total. The molecule has 0 bridgehead atoms. The van der Waals surface area contributed by atoms with E-state index in [4.69, 9.17) is 15.2 Å². The second-order valence-electron chi connectivity index (χ2n) is 8.65. The van der Waals surface area contributed by atoms with Crippen LogP contribution in [0.4, 0.5) is 16.2 Å². The molecule has 1 amide bonds. The molecule has 0 atom stereocenters. The molecule has 7 heteroatoms. The highest BCUT2D eigenvalue weighted by Gasteiger charge is 2.30. The van der Waals surface area contributed by atoms with Crippen molar-refractivity contribution in [3.05, 3.63) is 18.2 Å². The number of piperazine rings is 1. The molecular weight excluding hydrogens is 356 g/mol. The monoisotopic (exact) mass is 390 g/mol. The van der Waals surface area contributed by atoms with Gasteiger partial charge in [-0.3, -0.25) is 4.90 Å². The number of hydrogen-bond donors (Lipinski definition) is 1. The number of methoxy groups -OCH3 is 1. The van der Waals surface area contributed by atoms with Crippen LogP contribution >= 0.6 is 0 Å². The summed E-state index contributed by atoms with van der Waals surface area (Å²) < 4.78 is 10.8. The summed E-state index contributed by atoms with van der Waals surface area (Å²) in [6.45, 7) is 11.1. The maximum Gasteiger partial charge on any atom is 0.410 e. The van der Waals surface area contributed by atoms with E-state index in [1.54, 1.807) is 7.11 Å². The first-order valence-electron chi connectivity index (χ1n) is 10.2. The topological polar surface area (TPSA) is 71.3 Å². The number of anilines is 2. The lowest BCUT2D eigenvalue weighted by atomic mass is 10.0. The first-order chi connectivity index (χ1) is 13.3. The van der Waals surface area contributed by atoms with Gasteiger partial charge in [0, 0.05) is 57.1 Å². The molecule has 0 spiro atoms. The molecule has 0 aromatic heterocycles. The Morgan fingerprint density at radius 3 is 2.29 bits per heavy atom. The predicted molar refractivity (Wildman–Crippen MR) is 112 cm³/mol. The number of amides is 1. The van der Waals surface area contributed by atoms with E-state index < -0.39 is 5.60 Å². The molecule has 0 unspecified atom stereocenters. The molecule has 0 radical (unpaired) electrons. The fourth-order valence-corrected chi connectivity index (χ4v) is 3.98. The molecular formula is C21H34N4O3. The molecule has 156 valence electrons. The zero-order valence-electron chi connectivity index (χ0n) is 17.6. The van der Waals surface area contributed by atoms with Crippen molar-refractivity contribution in [2.24, 2.45) is 0 Å². The van der Waals surface area contributed by atoms with Gasteiger partial charge in [-0.05, 0) is 45.7 Å². The van der Waals surface area contributed by atoms with E-state index in [0.29, 0.717) is 11.7 Å². The summed E-state index contributed by atoms with van der Waals surface area (Å²) in [5.74, 6) is 0.734. The molecule has 1 aromatic rings. The van der Waals surface area contributed by atoms with Crippen molar-refractivity contribution in [2.75, 3.05) is 57.0 Å². The van der Waals surface area contributed by atoms with E-state index in [9.17, 15) is 4.79 Å². The number of ether oxygens (including phenoxy) is 2. The zero-order valence-corrected chi connectivity index (χ0v) is 17.6. The number of carbonyl (C=O) groups excluding carboxylic acids is 1. The summed E-state index contributed by atoms with van der Waals surface area (Å²) in [7, 11) is 1.65. The summed E-state index contributed by atoms with van der Waals surface area (Å²) in [6.07, 6.45) is 2.05. The number of carbonyl (C=O) groups is 1. The minimum atomic E-state index is -0.439. The van der Waals surface area contributed by atoms with Gasteiger partial charge in [-0.1, -0.05) is 0 Å². The van der Waals surface area contributed by atoms with Gasteiger partial charge in [0.05, 0.1) is 12.8 Å². The molecule has 0 aliphatic carbocycles. The average Bonchev–Trinajstić information content (AvgIpc) is 2.67. The average molecular weight is 391 g/mol. The van der Waals surface area contributed by atoms with Crippen LogP contribution in [0.2, 0.25) is 0 Å². The predicted octanol–water partition coefficient (Wildman–Crippen LogP) is 2.80. The Morgan fingerprint density at radius 1 is 1.07 bits per heavy atom. The Labute approximate surface area is 168 Å². The van der Waals surface area contributed by atoms with Crippen molar-refractivity contribution >= 4 is 17.5 Å². The smallest absolute Gasteiger partial charge is 0.410 e. The van der Waals surface area contributed by atoms with Crippen LogP contribution in [0.3, 0.4) is 0 Å². The number of rotatable bonds is 3. The van der Waals surface area contributed by atoms with E-state index in [2.05, 4.69) is 15.9 Å². The summed E-state index contributed by atoms with van der Waals surface area (Å²) in [5, 5.41) is 0. The van der Waals surface area contributed by atoms with Crippen LogP contribution in [-0.2, 0) is 4.74 Å². The van der Waals surface area contributed by atoms with Crippen molar-refractivity contribution in [3.8, 4) is 5.75 Å². The Balaban J connectivity index is 1.48. The molecule has 1 aromatic carbocycles. The summed E-state index contributed by atoms with van der Waals surface area (Å²) in [5.41, 5.74) is 7.33. The fraction of sp³-hybridized carbons (Fsp3) is 0.667. The van der Waals surface area contributed by atoms with Crippen molar-refractivity contribution < 1.29 is 14.3 Å². The normalized spacial score (nSPS) is 19.6. The first-order valence-corrected chi connectivity index (χ1v) is 10.2. The molecule has 2 heterocycles. The van der Waals surface area contributed by atoms with Crippen LogP contribution < -0.4 is 15.4 Å². The molecule has 2 N–H and O–H groups in total. The van der Waals surface area contributed by atoms with E-state index in [0.717, 1.165) is 57.9 Å². The number of piperidine rings is 1. The van der Waals surface area contributed by atoms with Gasteiger partial charge in [-0.2, -0.15) is 0 Å². The zero-order chi connectivity index (χ0) is 20.3. The van der Waals surface area contributed by atoms with Crippen LogP contribution in [0, 0.1) is 0 Å². The number of nitrogens with two attached hydrogens (primary N) is 1. The van der Waals surface area contributed by atoms with Gasteiger partial charge >= 0.3 is 6.09 Å². The Bertz CT molecular complexity index is 673. The van der Waals surface area contributed by atoms with Gasteiger partial charge in [-0.15, -0.1) is 0 Å². The standard InChI is InChI=1S/C21H34N4O3/c1-21(2,3)28-20(26)25-13-11-24(12-14-25)16-7-9-23(10-8-16)17-5-6-18(22)19(15-17)27-4/h5-6,15-16H,7-14,22H2,1-4H3. The lowest BCUT2D eigenvalue weighted by molar-refractivity contribution is 0.00902. The van der Waals surface area contributed by atoms with E-state index >= 15 is 0 Å². The van der Waals surface area contributed by atoms with E-state index in [1.165, 1.54) is 5.69 Å². The molecule has 0 saturated carbocycles. The second-order valence-corrected chi connectivity index (χ2v) is 8.65. The minimum Gasteiger partial charge on any atom is -0.495 e. The molecule has 2 aliphatic rings. The van der Waals surface area contributed by atoms with Crippen LogP contribution in [0.15, 0.2) is 18.2 Å². The minimum absolute atomic E-state index is 0.195. The maximum atomic E-state index is 12.2. The number of benzene rings is 1. The van der Waals surface area contributed by atoms with Gasteiger partial charge in [0.15, 0.2) is 0 Å². The molecule has 28 heavy (non-hydrogen) atoms. The Morgan fingerprint density at radius 2 is 1.71 bits per heavy atom. The third-order valence-corrected chi connectivity index (χ3v) is 5.53. The number of nitrogens with zero attached hydrogens (tertiary/aromatic N) is 3. The number of hydrogen-bond acceptors (Lipinski definition) is 6. The lowest BCUT2D eigenvalue weighted by Crippen LogP contribution is -2.55. The van der Waals surface area contributed by atoms with Crippen LogP contribution in [0.1, 0.15) is 33.6 Å². The van der Waals surface area contributed by atoms with Crippen LogP contribution in [0.5, 0.6) is 5.75 Å². The highest BCUT2D eigenvalue weighted by atomic mass is 16.6. The first kappa shape index (κ1) is 20.6. The molecule has 2 fully saturated rings. The van der Waals surface area contributed by atoms with Crippen molar-refractivity contribution in [1.29, 1.82) is 0 Å². The summed E-state index contributed by atoms with van der Waals surface area (Å²) in [4.78, 5) is 19.0. The fourth-order valence-electron chi connectivity index (χ4n) is 3.98. The highest BCUT2D eigenvalue weighted by molar-refractivity contribution is 5.68. The van der Waals surface area contributed by atoms with Crippen LogP contribution in [-0.4, -0.2) is 73.9 Å². The van der Waals surface area contributed by atoms with Crippen molar-refractivity contribution in [2.45, 2.75) is 45.3 Å². The van der Waals surface area contributed by atoms with Gasteiger partial charge in [0.2, 0.25) is 0 Å². The third-order valence-electron chi connectivity index (χ3n) is 5.53. The SMILES string of the molecule is COc1cc(N2CCC(N3CCN(C(=O)OC(C)(C)C)CC3)CC2)ccc1N. The van der Waals surface area contributed by atoms with E-state index in [-0.39, 0.29) is 6.09 Å². The molecule has 2 saturated heterocycles. The van der Waals surface area contributed by atoms with Gasteiger partial charge in [-0.25, -0.2) is 4.79 Å². The molecule has 2 aliphatic heterocycles. The quantitative estimate of drug-likeness (QED) is 0.801. The van der Waals surface area contributed by atoms with E-state index in [1.807, 2.05) is 37.8 Å². The van der Waals surface area contributed by atoms with Gasteiger partial charge in [0.1, 0.15) is 11.4 Å². The highest BCUT2D eigenvalue weighted by Crippen LogP contribution is 2.30. The van der Waals surface area contributed by atoms with Crippen molar-refractivity contribution in [1.82, 2.24) is 9.80 Å². The third kappa shape index (κ3) is 5.01. The van der Waals surface area contributed by atoms with Gasteiger partial charge < -0.3 is 25.0 Å². The van der Waals surface area contributed by atoms with Crippen LogP contribution in [0.25, 0.3) is 0 Å². The lowest BCUT2D eigenvalue weighted by Gasteiger charge is -2.43. The summed E-state index contributed by atoms with van der Waals surface area (Å²) in [6, 6.07) is 6.58. The summed E-state index contributed by atoms with van der Waals surface area (Å²) >= 11 is 0. The second kappa shape index (κ2) is 8.47. The molecule has 3 rings (SSSR count). The maximum absolute atomic E-state index is 12.2. The largest absolute Gasteiger partial charge is 0.495 e. The Kier molecular flexibility index (Phi) is 6.23. The number of nitrogen functional groups attached to an aromatic ring is 1. The Hall–Kier alpha value is -2.15. The van der Waals surface area contributed by atoms with Gasteiger partial charge in [0.25, 0.3) is 0 Å².